The van der Waals surface area contributed by atoms with Crippen LogP contribution < -0.4 is 5.43 Å². The highest BCUT2D eigenvalue weighted by Crippen LogP contribution is 2.34. The van der Waals surface area contributed by atoms with Crippen molar-refractivity contribution < 1.29 is 4.92 Å². The van der Waals surface area contributed by atoms with Gasteiger partial charge in [0, 0.05) is 18.7 Å². The molecule has 0 aliphatic heterocycles. The van der Waals surface area contributed by atoms with E-state index in [2.05, 4.69) is 25.7 Å². The van der Waals surface area contributed by atoms with E-state index < -0.39 is 4.92 Å². The first-order valence-corrected chi connectivity index (χ1v) is 9.41. The van der Waals surface area contributed by atoms with Crippen LogP contribution >= 0.6 is 46.6 Å². The Kier molecular flexibility index (Phi) is 6.35. The molecule has 0 fully saturated rings. The van der Waals surface area contributed by atoms with Crippen molar-refractivity contribution >= 4 is 64.3 Å². The molecule has 0 aliphatic carbocycles. The number of aromatic nitrogens is 4. The fourth-order valence-electron chi connectivity index (χ4n) is 2.00. The van der Waals surface area contributed by atoms with E-state index in [1.165, 1.54) is 24.7 Å². The second kappa shape index (κ2) is 8.74. The molecule has 0 bridgehead atoms. The van der Waals surface area contributed by atoms with E-state index in [1.807, 2.05) is 0 Å². The Labute approximate surface area is 177 Å². The van der Waals surface area contributed by atoms with Gasteiger partial charge in [0.25, 0.3) is 5.69 Å². The molecule has 1 N–H and O–H groups in total. The summed E-state index contributed by atoms with van der Waals surface area (Å²) in [5.74, 6) is 0.205. The zero-order chi connectivity index (χ0) is 20.3. The van der Waals surface area contributed by atoms with E-state index >= 15 is 0 Å². The fourth-order valence-corrected chi connectivity index (χ4v) is 3.39. The summed E-state index contributed by atoms with van der Waals surface area (Å²) in [7, 11) is 1.75. The molecule has 0 aliphatic rings. The van der Waals surface area contributed by atoms with Crippen molar-refractivity contribution in [1.29, 1.82) is 0 Å². The van der Waals surface area contributed by atoms with Gasteiger partial charge in [-0.1, -0.05) is 40.9 Å². The predicted octanol–water partition coefficient (Wildman–Crippen LogP) is 4.68. The maximum Gasteiger partial charge on any atom is 0.283 e. The van der Waals surface area contributed by atoms with Gasteiger partial charge in [0.15, 0.2) is 11.0 Å². The van der Waals surface area contributed by atoms with Gasteiger partial charge in [-0.05, 0) is 23.9 Å². The van der Waals surface area contributed by atoms with Gasteiger partial charge in [-0.3, -0.25) is 15.5 Å². The van der Waals surface area contributed by atoms with Gasteiger partial charge in [-0.25, -0.2) is 4.98 Å². The molecule has 0 amide bonds. The Hall–Kier alpha value is -2.40. The number of pyridine rings is 1. The Morgan fingerprint density at radius 2 is 2.07 bits per heavy atom. The maximum absolute atomic E-state index is 11.4. The van der Waals surface area contributed by atoms with Crippen LogP contribution in [0.15, 0.2) is 45.7 Å². The van der Waals surface area contributed by atoms with Gasteiger partial charge in [0.05, 0.1) is 26.1 Å². The Morgan fingerprint density at radius 3 is 2.75 bits per heavy atom. The molecule has 0 saturated heterocycles. The summed E-state index contributed by atoms with van der Waals surface area (Å²) in [6, 6.07) is 6.12. The van der Waals surface area contributed by atoms with E-state index in [-0.39, 0.29) is 26.7 Å². The van der Waals surface area contributed by atoms with Gasteiger partial charge in [-0.15, -0.1) is 10.2 Å². The van der Waals surface area contributed by atoms with Crippen molar-refractivity contribution in [2.45, 2.75) is 10.1 Å². The molecule has 2 heterocycles. The Bertz CT molecular complexity index is 1070. The van der Waals surface area contributed by atoms with Crippen molar-refractivity contribution in [3.8, 4) is 0 Å². The SMILES string of the molecule is Cn1cnnc1Sc1ccc(/C=N/Nc2nc(Cl)c(Cl)cc2Cl)cc1[N+](=O)[O-]. The highest BCUT2D eigenvalue weighted by atomic mass is 35.5. The monoisotopic (exact) mass is 457 g/mol. The van der Waals surface area contributed by atoms with E-state index in [1.54, 1.807) is 23.7 Å². The molecule has 28 heavy (non-hydrogen) atoms. The standard InChI is InChI=1S/C15H10Cl3N7O2S/c1-24-7-20-23-15(24)28-12-3-2-8(4-11(12)25(26)27)6-19-22-14-10(17)5-9(16)13(18)21-14/h2-7H,1H3,(H,21,22)/b19-6+. The average Bonchev–Trinajstić information content (AvgIpc) is 3.05. The lowest BCUT2D eigenvalue weighted by Gasteiger charge is -2.05. The number of anilines is 1. The van der Waals surface area contributed by atoms with Crippen LogP contribution in [0.1, 0.15) is 5.56 Å². The predicted molar refractivity (Wildman–Crippen MR) is 109 cm³/mol. The number of aryl methyl sites for hydroxylation is 1. The number of hydrogen-bond acceptors (Lipinski definition) is 8. The first kappa shape index (κ1) is 20.3. The van der Waals surface area contributed by atoms with Crippen LogP contribution in [0.3, 0.4) is 0 Å². The molecule has 1 aromatic carbocycles. The largest absolute Gasteiger partial charge is 0.311 e. The number of nitrogens with zero attached hydrogens (tertiary/aromatic N) is 6. The molecule has 0 radical (unpaired) electrons. The van der Waals surface area contributed by atoms with Crippen molar-refractivity contribution in [2.24, 2.45) is 12.1 Å². The van der Waals surface area contributed by atoms with Gasteiger partial charge in [-0.2, -0.15) is 5.10 Å². The van der Waals surface area contributed by atoms with Crippen molar-refractivity contribution in [3.05, 3.63) is 61.5 Å². The number of hydrazone groups is 1. The smallest absolute Gasteiger partial charge is 0.283 e. The van der Waals surface area contributed by atoms with Crippen LogP contribution in [0.2, 0.25) is 15.2 Å². The van der Waals surface area contributed by atoms with Gasteiger partial charge in [0.1, 0.15) is 11.5 Å². The third-order valence-corrected chi connectivity index (χ3v) is 5.40. The summed E-state index contributed by atoms with van der Waals surface area (Å²) >= 11 is 18.8. The van der Waals surface area contributed by atoms with Gasteiger partial charge >= 0.3 is 0 Å². The first-order chi connectivity index (χ1) is 13.3. The Morgan fingerprint density at radius 1 is 1.29 bits per heavy atom. The van der Waals surface area contributed by atoms with Gasteiger partial charge in [0.2, 0.25) is 0 Å². The van der Waals surface area contributed by atoms with E-state index in [9.17, 15) is 10.1 Å². The second-order valence-corrected chi connectivity index (χ2v) is 7.45. The molecule has 2 aromatic heterocycles. The second-order valence-electron chi connectivity index (χ2n) is 5.27. The molecular formula is C15H10Cl3N7O2S. The maximum atomic E-state index is 11.4. The number of halogens is 3. The lowest BCUT2D eigenvalue weighted by molar-refractivity contribution is -0.387. The molecule has 0 atom stereocenters. The Balaban J connectivity index is 1.80. The molecule has 9 nitrogen and oxygen atoms in total. The molecule has 0 saturated carbocycles. The van der Waals surface area contributed by atoms with Crippen LogP contribution in [0.5, 0.6) is 0 Å². The zero-order valence-electron chi connectivity index (χ0n) is 14.0. The summed E-state index contributed by atoms with van der Waals surface area (Å²) in [6.07, 6.45) is 2.91. The first-order valence-electron chi connectivity index (χ1n) is 7.46. The number of benzene rings is 1. The lowest BCUT2D eigenvalue weighted by Crippen LogP contribution is -1.97. The van der Waals surface area contributed by atoms with Crippen molar-refractivity contribution in [1.82, 2.24) is 19.7 Å². The number of nitro groups is 1. The van der Waals surface area contributed by atoms with E-state index in [4.69, 9.17) is 34.8 Å². The van der Waals surface area contributed by atoms with E-state index in [0.29, 0.717) is 15.6 Å². The fraction of sp³-hybridized carbons (Fsp3) is 0.0667. The van der Waals surface area contributed by atoms with Crippen LogP contribution in [-0.2, 0) is 7.05 Å². The van der Waals surface area contributed by atoms with Crippen LogP contribution in [-0.4, -0.2) is 30.9 Å². The van der Waals surface area contributed by atoms with Crippen molar-refractivity contribution in [3.63, 3.8) is 0 Å². The zero-order valence-corrected chi connectivity index (χ0v) is 17.1. The highest BCUT2D eigenvalue weighted by molar-refractivity contribution is 7.99. The minimum Gasteiger partial charge on any atom is -0.311 e. The number of rotatable bonds is 6. The van der Waals surface area contributed by atoms with Crippen LogP contribution in [0, 0.1) is 10.1 Å². The molecule has 3 rings (SSSR count). The number of nitro benzene ring substituents is 1. The number of nitrogens with one attached hydrogen (secondary N) is 1. The topological polar surface area (TPSA) is 111 Å². The summed E-state index contributed by atoms with van der Waals surface area (Å²) in [6.45, 7) is 0. The molecule has 0 spiro atoms. The quantitative estimate of drug-likeness (QED) is 0.247. The minimum absolute atomic E-state index is 0.0737. The van der Waals surface area contributed by atoms with Crippen LogP contribution in [0.25, 0.3) is 0 Å². The highest BCUT2D eigenvalue weighted by Gasteiger charge is 2.17. The van der Waals surface area contributed by atoms with Crippen LogP contribution in [0.4, 0.5) is 11.5 Å². The molecular weight excluding hydrogens is 449 g/mol. The van der Waals surface area contributed by atoms with E-state index in [0.717, 1.165) is 11.8 Å². The third kappa shape index (κ3) is 4.71. The minimum atomic E-state index is -0.471. The lowest BCUT2D eigenvalue weighted by atomic mass is 10.2. The summed E-state index contributed by atoms with van der Waals surface area (Å²) in [4.78, 5) is 15.4. The summed E-state index contributed by atoms with van der Waals surface area (Å²) < 4.78 is 1.67. The summed E-state index contributed by atoms with van der Waals surface area (Å²) in [5.41, 5.74) is 3.04. The molecule has 0 unspecified atom stereocenters. The number of hydrogen-bond donors (Lipinski definition) is 1. The molecule has 13 heteroatoms. The third-order valence-electron chi connectivity index (χ3n) is 3.32. The van der Waals surface area contributed by atoms with Crippen molar-refractivity contribution in [2.75, 3.05) is 5.43 Å². The average molecular weight is 459 g/mol. The molecule has 144 valence electrons. The normalized spacial score (nSPS) is 11.1. The van der Waals surface area contributed by atoms with Gasteiger partial charge < -0.3 is 4.57 Å². The summed E-state index contributed by atoms with van der Waals surface area (Å²) in [5, 5.41) is 24.1. The molecule has 3 aromatic rings.